The Kier molecular flexibility index (Phi) is 4.57. The molecule has 1 fully saturated rings. The fourth-order valence-corrected chi connectivity index (χ4v) is 4.53. The average Bonchev–Trinajstić information content (AvgIpc) is 3.37. The smallest absolute Gasteiger partial charge is 0.334 e. The zero-order chi connectivity index (χ0) is 21.7. The van der Waals surface area contributed by atoms with Gasteiger partial charge in [-0.1, -0.05) is 0 Å². The molecule has 0 aromatic heterocycles. The summed E-state index contributed by atoms with van der Waals surface area (Å²) in [6.45, 7) is 0.430. The van der Waals surface area contributed by atoms with Crippen molar-refractivity contribution in [2.75, 3.05) is 41.8 Å². The number of hydrogen-bond donors (Lipinski definition) is 0. The fourth-order valence-electron chi connectivity index (χ4n) is 4.53. The molecule has 2 aromatic carbocycles. The van der Waals surface area contributed by atoms with Gasteiger partial charge in [-0.2, -0.15) is 0 Å². The largest absolute Gasteiger partial charge is 0.493 e. The van der Waals surface area contributed by atoms with E-state index in [2.05, 4.69) is 0 Å². The predicted molar refractivity (Wildman–Crippen MR) is 110 cm³/mol. The molecule has 1 atom stereocenters. The lowest BCUT2D eigenvalue weighted by Gasteiger charge is -2.25. The van der Waals surface area contributed by atoms with E-state index in [1.165, 1.54) is 0 Å². The molecule has 0 radical (unpaired) electrons. The molecular weight excluding hydrogens is 404 g/mol. The molecule has 8 nitrogen and oxygen atoms in total. The molecule has 2 heterocycles. The molecule has 2 aromatic rings. The van der Waals surface area contributed by atoms with E-state index in [9.17, 15) is 4.79 Å². The third kappa shape index (κ3) is 2.78. The molecule has 3 aliphatic rings. The Morgan fingerprint density at radius 1 is 0.871 bits per heavy atom. The molecule has 0 bridgehead atoms. The van der Waals surface area contributed by atoms with Crippen LogP contribution in [0.2, 0.25) is 0 Å². The van der Waals surface area contributed by atoms with Crippen LogP contribution in [-0.2, 0) is 16.0 Å². The van der Waals surface area contributed by atoms with Gasteiger partial charge in [0.05, 0.1) is 35.0 Å². The van der Waals surface area contributed by atoms with Crippen molar-refractivity contribution < 1.29 is 38.0 Å². The minimum Gasteiger partial charge on any atom is -0.493 e. The van der Waals surface area contributed by atoms with Gasteiger partial charge in [-0.3, -0.25) is 0 Å². The molecule has 1 aliphatic carbocycles. The lowest BCUT2D eigenvalue weighted by atomic mass is 9.82. The first kappa shape index (κ1) is 19.4. The van der Waals surface area contributed by atoms with Gasteiger partial charge in [-0.15, -0.1) is 0 Å². The number of benzene rings is 2. The summed E-state index contributed by atoms with van der Waals surface area (Å²) in [5, 5.41) is 0. The molecule has 0 saturated carbocycles. The summed E-state index contributed by atoms with van der Waals surface area (Å²) < 4.78 is 39.5. The molecule has 1 saturated heterocycles. The van der Waals surface area contributed by atoms with E-state index in [4.69, 9.17) is 33.2 Å². The van der Waals surface area contributed by atoms with Gasteiger partial charge in [0.2, 0.25) is 18.3 Å². The molecule has 31 heavy (non-hydrogen) atoms. The van der Waals surface area contributed by atoms with Gasteiger partial charge in [0, 0.05) is 22.6 Å². The van der Waals surface area contributed by atoms with Crippen LogP contribution in [0.15, 0.2) is 17.7 Å². The Labute approximate surface area is 179 Å². The van der Waals surface area contributed by atoms with E-state index < -0.39 is 0 Å². The third-order valence-electron chi connectivity index (χ3n) is 5.88. The zero-order valence-electron chi connectivity index (χ0n) is 17.7. The van der Waals surface area contributed by atoms with Crippen molar-refractivity contribution in [1.29, 1.82) is 0 Å². The Bertz CT molecular complexity index is 1120. The second-order valence-electron chi connectivity index (χ2n) is 7.39. The van der Waals surface area contributed by atoms with Crippen LogP contribution in [0.5, 0.6) is 34.5 Å². The maximum Gasteiger partial charge on any atom is 0.334 e. The highest BCUT2D eigenvalue weighted by Gasteiger charge is 2.37. The van der Waals surface area contributed by atoms with Gasteiger partial charge in [0.1, 0.15) is 0 Å². The summed E-state index contributed by atoms with van der Waals surface area (Å²) in [7, 11) is 6.26. The number of carbonyl (C=O) groups is 1. The van der Waals surface area contributed by atoms with Crippen LogP contribution in [-0.4, -0.2) is 47.8 Å². The van der Waals surface area contributed by atoms with Crippen molar-refractivity contribution in [3.05, 3.63) is 28.8 Å². The quantitative estimate of drug-likeness (QED) is 0.690. The van der Waals surface area contributed by atoms with Crippen molar-refractivity contribution >= 4 is 12.0 Å². The van der Waals surface area contributed by atoms with Crippen molar-refractivity contribution in [3.63, 3.8) is 0 Å². The monoisotopic (exact) mass is 426 g/mol. The lowest BCUT2D eigenvalue weighted by molar-refractivity contribution is -0.135. The normalized spacial score (nSPS) is 19.7. The zero-order valence-corrected chi connectivity index (χ0v) is 17.7. The molecule has 0 amide bonds. The molecule has 5 rings (SSSR count). The van der Waals surface area contributed by atoms with Crippen LogP contribution >= 0.6 is 0 Å². The molecule has 162 valence electrons. The van der Waals surface area contributed by atoms with E-state index in [1.54, 1.807) is 28.4 Å². The van der Waals surface area contributed by atoms with Gasteiger partial charge < -0.3 is 33.2 Å². The first-order valence-corrected chi connectivity index (χ1v) is 9.82. The van der Waals surface area contributed by atoms with E-state index in [0.717, 1.165) is 22.3 Å². The summed E-state index contributed by atoms with van der Waals surface area (Å²) in [5.41, 5.74) is 3.79. The second kappa shape index (κ2) is 7.30. The number of fused-ring (bicyclic) bond motifs is 5. The number of ether oxygens (including phenoxy) is 7. The fraction of sp³-hybridized carbons (Fsp3) is 0.348. The number of carbonyl (C=O) groups excluding carboxylic acids is 1. The van der Waals surface area contributed by atoms with Gasteiger partial charge >= 0.3 is 5.97 Å². The summed E-state index contributed by atoms with van der Waals surface area (Å²) in [6, 6.07) is 3.76. The molecule has 1 unspecified atom stereocenters. The molecule has 0 spiro atoms. The maximum absolute atomic E-state index is 12.5. The van der Waals surface area contributed by atoms with Gasteiger partial charge in [-0.25, -0.2) is 4.79 Å². The van der Waals surface area contributed by atoms with Crippen LogP contribution < -0.4 is 28.4 Å². The second-order valence-corrected chi connectivity index (χ2v) is 7.39. The predicted octanol–water partition coefficient (Wildman–Crippen LogP) is 3.23. The highest BCUT2D eigenvalue weighted by Crippen LogP contribution is 2.56. The minimum absolute atomic E-state index is 0.0939. The minimum atomic E-state index is -0.319. The molecule has 0 N–H and O–H groups in total. The van der Waals surface area contributed by atoms with Crippen LogP contribution in [0.25, 0.3) is 17.2 Å². The number of methoxy groups -OCH3 is 4. The maximum atomic E-state index is 12.5. The van der Waals surface area contributed by atoms with Crippen molar-refractivity contribution in [2.45, 2.75) is 6.42 Å². The lowest BCUT2D eigenvalue weighted by Crippen LogP contribution is -2.12. The first-order chi connectivity index (χ1) is 15.1. The average molecular weight is 426 g/mol. The summed E-state index contributed by atoms with van der Waals surface area (Å²) in [5.74, 6) is 2.67. The third-order valence-corrected chi connectivity index (χ3v) is 5.88. The number of hydrogen-bond acceptors (Lipinski definition) is 8. The number of rotatable bonds is 4. The van der Waals surface area contributed by atoms with Gasteiger partial charge in [0.15, 0.2) is 23.0 Å². The number of esters is 1. The van der Waals surface area contributed by atoms with Crippen molar-refractivity contribution in [1.82, 2.24) is 0 Å². The Morgan fingerprint density at radius 3 is 2.35 bits per heavy atom. The van der Waals surface area contributed by atoms with Crippen LogP contribution in [0.3, 0.4) is 0 Å². The Morgan fingerprint density at radius 2 is 1.65 bits per heavy atom. The molecule has 2 aliphatic heterocycles. The van der Waals surface area contributed by atoms with Crippen LogP contribution in [0, 0.1) is 5.92 Å². The Balaban J connectivity index is 1.93. The standard InChI is InChI=1S/C23H22O8/c1-25-15-7-12-6-14-13(9-29-23(14)24)5-11-8-16-20(31-10-30-16)22(28-4)17(11)18(12)21(27-3)19(15)26-2/h6-8,13H,5,9-10H2,1-4H3/b14-6+. The van der Waals surface area contributed by atoms with Crippen LogP contribution in [0.1, 0.15) is 11.1 Å². The van der Waals surface area contributed by atoms with Gasteiger partial charge in [-0.05, 0) is 35.8 Å². The summed E-state index contributed by atoms with van der Waals surface area (Å²) >= 11 is 0. The van der Waals surface area contributed by atoms with Crippen molar-refractivity contribution in [3.8, 4) is 45.6 Å². The van der Waals surface area contributed by atoms with Crippen molar-refractivity contribution in [2.24, 2.45) is 5.92 Å². The molecule has 8 heteroatoms. The highest BCUT2D eigenvalue weighted by molar-refractivity contribution is 6.00. The summed E-state index contributed by atoms with van der Waals surface area (Å²) in [4.78, 5) is 12.5. The molecular formula is C23H22O8. The SMILES string of the molecule is COc1cc2c(c(OC)c1OC)-c1c(cc3c(c1OC)OCO3)CC1COC(=O)/C1=C/2. The van der Waals surface area contributed by atoms with E-state index in [-0.39, 0.29) is 18.7 Å². The first-order valence-electron chi connectivity index (χ1n) is 9.82. The van der Waals surface area contributed by atoms with Gasteiger partial charge in [0.25, 0.3) is 0 Å². The van der Waals surface area contributed by atoms with E-state index in [1.807, 2.05) is 18.2 Å². The topological polar surface area (TPSA) is 81.7 Å². The highest BCUT2D eigenvalue weighted by atomic mass is 16.7. The van der Waals surface area contributed by atoms with E-state index in [0.29, 0.717) is 53.1 Å². The number of cyclic esters (lactones) is 1. The van der Waals surface area contributed by atoms with E-state index >= 15 is 0 Å². The Hall–Kier alpha value is -3.55. The van der Waals surface area contributed by atoms with Crippen LogP contribution in [0.4, 0.5) is 0 Å². The summed E-state index contributed by atoms with van der Waals surface area (Å²) in [6.07, 6.45) is 2.41.